The molecule has 108 valence electrons. The Morgan fingerprint density at radius 3 is 2.57 bits per heavy atom. The number of phenols is 1. The molecule has 1 aromatic carbocycles. The summed E-state index contributed by atoms with van der Waals surface area (Å²) in [5.74, 6) is 1.28. The first-order chi connectivity index (χ1) is 10.0. The van der Waals surface area contributed by atoms with Gasteiger partial charge < -0.3 is 15.4 Å². The zero-order valence-corrected chi connectivity index (χ0v) is 12.4. The molecule has 3 N–H and O–H groups in total. The van der Waals surface area contributed by atoms with Crippen LogP contribution in [0.1, 0.15) is 22.7 Å². The van der Waals surface area contributed by atoms with Crippen molar-refractivity contribution >= 4 is 16.5 Å². The van der Waals surface area contributed by atoms with Crippen LogP contribution in [-0.2, 0) is 6.42 Å². The van der Waals surface area contributed by atoms with Crippen LogP contribution in [0.4, 0.5) is 5.13 Å². The van der Waals surface area contributed by atoms with E-state index in [1.807, 2.05) is 31.4 Å². The number of phenolic OH excluding ortho intramolecular Hbond substituents is 1. The number of benzene rings is 1. The highest BCUT2D eigenvalue weighted by Gasteiger charge is 2.13. The van der Waals surface area contributed by atoms with Crippen molar-refractivity contribution in [3.05, 3.63) is 40.2 Å². The van der Waals surface area contributed by atoms with Crippen LogP contribution in [0.5, 0.6) is 5.75 Å². The van der Waals surface area contributed by atoms with Gasteiger partial charge in [-0.05, 0) is 37.1 Å². The minimum Gasteiger partial charge on any atom is -0.507 e. The van der Waals surface area contributed by atoms with Crippen LogP contribution in [0.3, 0.4) is 0 Å². The van der Waals surface area contributed by atoms with Gasteiger partial charge in [-0.3, -0.25) is 0 Å². The lowest BCUT2D eigenvalue weighted by Gasteiger charge is -2.04. The number of rotatable bonds is 3. The average molecular weight is 302 g/mol. The molecule has 0 aliphatic heterocycles. The van der Waals surface area contributed by atoms with Crippen molar-refractivity contribution in [3.63, 3.8) is 0 Å². The first-order valence-electron chi connectivity index (χ1n) is 6.36. The number of hydrogen-bond acceptors (Lipinski definition) is 7. The number of aromatic hydroxyl groups is 1. The molecule has 0 atom stereocenters. The molecule has 0 unspecified atom stereocenters. The third-order valence-corrected chi connectivity index (χ3v) is 3.84. The normalized spacial score (nSPS) is 11.0. The maximum absolute atomic E-state index is 9.80. The lowest BCUT2D eigenvalue weighted by molar-refractivity contribution is 0.385. The third kappa shape index (κ3) is 2.73. The Kier molecular flexibility index (Phi) is 3.34. The summed E-state index contributed by atoms with van der Waals surface area (Å²) in [6, 6.07) is 3.66. The van der Waals surface area contributed by atoms with Gasteiger partial charge in [0, 0.05) is 10.9 Å². The summed E-state index contributed by atoms with van der Waals surface area (Å²) in [6.45, 7) is 3.68. The highest BCUT2D eigenvalue weighted by molar-refractivity contribution is 7.13. The van der Waals surface area contributed by atoms with Gasteiger partial charge in [-0.1, -0.05) is 5.16 Å². The number of aryl methyl sites for hydroxylation is 2. The van der Waals surface area contributed by atoms with E-state index in [9.17, 15) is 5.11 Å². The van der Waals surface area contributed by atoms with Crippen LogP contribution >= 0.6 is 11.3 Å². The molecule has 0 aliphatic carbocycles. The number of nitrogens with two attached hydrogens (primary N) is 1. The van der Waals surface area contributed by atoms with Crippen molar-refractivity contribution in [2.45, 2.75) is 20.3 Å². The molecule has 21 heavy (non-hydrogen) atoms. The highest BCUT2D eigenvalue weighted by atomic mass is 32.1. The van der Waals surface area contributed by atoms with Gasteiger partial charge in [0.05, 0.1) is 12.1 Å². The second-order valence-electron chi connectivity index (χ2n) is 4.82. The molecular weight excluding hydrogens is 288 g/mol. The Hall–Kier alpha value is -2.41. The number of nitrogens with zero attached hydrogens (tertiary/aromatic N) is 3. The van der Waals surface area contributed by atoms with Crippen LogP contribution in [0.15, 0.2) is 22.0 Å². The van der Waals surface area contributed by atoms with Crippen LogP contribution < -0.4 is 5.73 Å². The molecule has 7 heteroatoms. The zero-order chi connectivity index (χ0) is 15.0. The fourth-order valence-electron chi connectivity index (χ4n) is 2.09. The molecule has 3 aromatic rings. The van der Waals surface area contributed by atoms with Gasteiger partial charge in [-0.2, -0.15) is 4.98 Å². The summed E-state index contributed by atoms with van der Waals surface area (Å²) in [7, 11) is 0. The van der Waals surface area contributed by atoms with E-state index in [1.54, 1.807) is 0 Å². The smallest absolute Gasteiger partial charge is 0.233 e. The number of thiazole rings is 1. The van der Waals surface area contributed by atoms with Crippen LogP contribution in [0, 0.1) is 13.8 Å². The molecule has 6 nitrogen and oxygen atoms in total. The van der Waals surface area contributed by atoms with Gasteiger partial charge in [-0.25, -0.2) is 4.98 Å². The Balaban J connectivity index is 1.88. The van der Waals surface area contributed by atoms with Crippen molar-refractivity contribution in [2.24, 2.45) is 0 Å². The minimum absolute atomic E-state index is 0.292. The van der Waals surface area contributed by atoms with Crippen LogP contribution in [0.2, 0.25) is 0 Å². The summed E-state index contributed by atoms with van der Waals surface area (Å²) in [4.78, 5) is 8.52. The van der Waals surface area contributed by atoms with Crippen molar-refractivity contribution in [1.29, 1.82) is 0 Å². The Morgan fingerprint density at radius 1 is 1.24 bits per heavy atom. The van der Waals surface area contributed by atoms with E-state index in [2.05, 4.69) is 15.1 Å². The number of anilines is 1. The molecule has 0 spiro atoms. The van der Waals surface area contributed by atoms with Gasteiger partial charge in [0.1, 0.15) is 5.75 Å². The molecule has 0 aliphatic rings. The fraction of sp³-hybridized carbons (Fsp3) is 0.214. The second-order valence-corrected chi connectivity index (χ2v) is 5.71. The molecule has 0 saturated carbocycles. The number of nitrogen functional groups attached to an aromatic ring is 1. The first kappa shape index (κ1) is 13.6. The standard InChI is InChI=1S/C14H14N4O2S/c1-7-3-9(4-8(2)12(7)19)13-17-11(20-18-13)5-10-6-21-14(15)16-10/h3-4,6,19H,5H2,1-2H3,(H2,15,16). The van der Waals surface area contributed by atoms with E-state index >= 15 is 0 Å². The zero-order valence-electron chi connectivity index (χ0n) is 11.6. The maximum Gasteiger partial charge on any atom is 0.233 e. The van der Waals surface area contributed by atoms with Gasteiger partial charge in [0.15, 0.2) is 5.13 Å². The van der Waals surface area contributed by atoms with Crippen molar-refractivity contribution in [3.8, 4) is 17.1 Å². The predicted octanol–water partition coefficient (Wildman–Crippen LogP) is 2.69. The molecule has 0 saturated heterocycles. The van der Waals surface area contributed by atoms with E-state index in [4.69, 9.17) is 10.3 Å². The quantitative estimate of drug-likeness (QED) is 0.772. The van der Waals surface area contributed by atoms with Crippen LogP contribution in [0.25, 0.3) is 11.4 Å². The minimum atomic E-state index is 0.292. The van der Waals surface area contributed by atoms with Crippen molar-refractivity contribution in [2.75, 3.05) is 5.73 Å². The molecule has 3 rings (SSSR count). The molecule has 0 radical (unpaired) electrons. The number of aromatic nitrogens is 3. The molecule has 2 aromatic heterocycles. The van der Waals surface area contributed by atoms with Gasteiger partial charge >= 0.3 is 0 Å². The average Bonchev–Trinajstić information content (AvgIpc) is 3.05. The molecule has 0 bridgehead atoms. The van der Waals surface area contributed by atoms with E-state index in [0.29, 0.717) is 29.0 Å². The fourth-order valence-corrected chi connectivity index (χ4v) is 2.65. The Morgan fingerprint density at radius 2 is 1.95 bits per heavy atom. The Labute approximate surface area is 125 Å². The summed E-state index contributed by atoms with van der Waals surface area (Å²) in [5, 5.41) is 16.2. The van der Waals surface area contributed by atoms with E-state index in [0.717, 1.165) is 22.4 Å². The topological polar surface area (TPSA) is 98.1 Å². The van der Waals surface area contributed by atoms with E-state index in [-0.39, 0.29) is 0 Å². The molecule has 2 heterocycles. The van der Waals surface area contributed by atoms with E-state index in [1.165, 1.54) is 11.3 Å². The predicted molar refractivity (Wildman–Crippen MR) is 80.2 cm³/mol. The first-order valence-corrected chi connectivity index (χ1v) is 7.24. The van der Waals surface area contributed by atoms with Crippen molar-refractivity contribution in [1.82, 2.24) is 15.1 Å². The van der Waals surface area contributed by atoms with Crippen molar-refractivity contribution < 1.29 is 9.63 Å². The molecular formula is C14H14N4O2S. The van der Waals surface area contributed by atoms with E-state index < -0.39 is 0 Å². The summed E-state index contributed by atoms with van der Waals surface area (Å²) >= 11 is 1.38. The highest BCUT2D eigenvalue weighted by Crippen LogP contribution is 2.27. The monoisotopic (exact) mass is 302 g/mol. The molecule has 0 amide bonds. The van der Waals surface area contributed by atoms with Crippen LogP contribution in [-0.4, -0.2) is 20.2 Å². The lowest BCUT2D eigenvalue weighted by atomic mass is 10.1. The summed E-state index contributed by atoms with van der Waals surface area (Å²) in [6.07, 6.45) is 0.455. The van der Waals surface area contributed by atoms with Gasteiger partial charge in [0.25, 0.3) is 0 Å². The van der Waals surface area contributed by atoms with Gasteiger partial charge in [-0.15, -0.1) is 11.3 Å². The summed E-state index contributed by atoms with van der Waals surface area (Å²) in [5.41, 5.74) is 8.78. The Bertz CT molecular complexity index is 771. The molecule has 0 fully saturated rings. The van der Waals surface area contributed by atoms with Gasteiger partial charge in [0.2, 0.25) is 11.7 Å². The third-order valence-electron chi connectivity index (χ3n) is 3.12. The summed E-state index contributed by atoms with van der Waals surface area (Å²) < 4.78 is 5.24. The maximum atomic E-state index is 9.80. The second kappa shape index (κ2) is 5.17. The largest absolute Gasteiger partial charge is 0.507 e. The SMILES string of the molecule is Cc1cc(-c2noc(Cc3csc(N)n3)n2)cc(C)c1O. The lowest BCUT2D eigenvalue weighted by Crippen LogP contribution is -1.91. The number of hydrogen-bond donors (Lipinski definition) is 2.